The number of nitrogens with one attached hydrogen (secondary N) is 1. The van der Waals surface area contributed by atoms with E-state index in [0.717, 1.165) is 49.7 Å². The van der Waals surface area contributed by atoms with Crippen LogP contribution in [0.5, 0.6) is 0 Å². The molecule has 6 nitrogen and oxygen atoms in total. The second kappa shape index (κ2) is 7.66. The second-order valence-electron chi connectivity index (χ2n) is 7.16. The van der Waals surface area contributed by atoms with E-state index >= 15 is 0 Å². The first-order valence-corrected chi connectivity index (χ1v) is 9.82. The van der Waals surface area contributed by atoms with Crippen molar-refractivity contribution in [3.8, 4) is 0 Å². The summed E-state index contributed by atoms with van der Waals surface area (Å²) >= 11 is 6.00. The van der Waals surface area contributed by atoms with Gasteiger partial charge >= 0.3 is 6.03 Å². The van der Waals surface area contributed by atoms with Gasteiger partial charge in [-0.3, -0.25) is 0 Å². The molecule has 7 heteroatoms. The predicted octanol–water partition coefficient (Wildman–Crippen LogP) is 4.07. The largest absolute Gasteiger partial charge is 0.324 e. The third-order valence-corrected chi connectivity index (χ3v) is 5.52. The number of anilines is 1. The fourth-order valence-corrected chi connectivity index (χ4v) is 4.14. The van der Waals surface area contributed by atoms with Crippen molar-refractivity contribution in [2.75, 3.05) is 18.4 Å². The van der Waals surface area contributed by atoms with Gasteiger partial charge in [0, 0.05) is 42.7 Å². The maximum absolute atomic E-state index is 12.7. The summed E-state index contributed by atoms with van der Waals surface area (Å²) in [5, 5.41) is 12.5. The zero-order chi connectivity index (χ0) is 17.9. The van der Waals surface area contributed by atoms with Gasteiger partial charge in [-0.1, -0.05) is 24.1 Å². The maximum atomic E-state index is 12.7. The molecule has 2 aliphatic rings. The molecule has 3 heterocycles. The highest BCUT2D eigenvalue weighted by Gasteiger charge is 2.29. The summed E-state index contributed by atoms with van der Waals surface area (Å²) in [6, 6.07) is 7.17. The van der Waals surface area contributed by atoms with Crippen LogP contribution in [-0.2, 0) is 13.0 Å². The molecule has 1 saturated heterocycles. The summed E-state index contributed by atoms with van der Waals surface area (Å²) in [6.45, 7) is 2.46. The number of urea groups is 1. The van der Waals surface area contributed by atoms with Crippen molar-refractivity contribution in [3.63, 3.8) is 0 Å². The number of aromatic nitrogens is 3. The Labute approximate surface area is 158 Å². The highest BCUT2D eigenvalue weighted by atomic mass is 35.5. The first kappa shape index (κ1) is 17.3. The summed E-state index contributed by atoms with van der Waals surface area (Å²) in [7, 11) is 0. The van der Waals surface area contributed by atoms with Crippen LogP contribution in [0, 0.1) is 0 Å². The Kier molecular flexibility index (Phi) is 5.11. The van der Waals surface area contributed by atoms with Crippen molar-refractivity contribution in [1.82, 2.24) is 19.7 Å². The number of carbonyl (C=O) groups excluding carboxylic acids is 1. The molecule has 2 aliphatic heterocycles. The van der Waals surface area contributed by atoms with Crippen LogP contribution in [-0.4, -0.2) is 38.8 Å². The summed E-state index contributed by atoms with van der Waals surface area (Å²) < 4.78 is 2.30. The Morgan fingerprint density at radius 2 is 2.08 bits per heavy atom. The summed E-state index contributed by atoms with van der Waals surface area (Å²) in [4.78, 5) is 14.5. The molecule has 1 unspecified atom stereocenters. The van der Waals surface area contributed by atoms with Crippen LogP contribution < -0.4 is 5.32 Å². The SMILES string of the molecule is O=C(Nc1cccc(Cl)c1)N1CCCC(c2nnc3n2CCCCC3)C1. The lowest BCUT2D eigenvalue weighted by molar-refractivity contribution is 0.190. The van der Waals surface area contributed by atoms with Crippen LogP contribution >= 0.6 is 11.6 Å². The van der Waals surface area contributed by atoms with E-state index in [0.29, 0.717) is 11.6 Å². The molecule has 4 rings (SSSR count). The van der Waals surface area contributed by atoms with Gasteiger partial charge in [-0.2, -0.15) is 0 Å². The van der Waals surface area contributed by atoms with Gasteiger partial charge in [0.2, 0.25) is 0 Å². The molecule has 0 spiro atoms. The molecule has 2 aromatic rings. The van der Waals surface area contributed by atoms with Gasteiger partial charge in [0.15, 0.2) is 0 Å². The van der Waals surface area contributed by atoms with E-state index in [-0.39, 0.29) is 11.9 Å². The van der Waals surface area contributed by atoms with Crippen molar-refractivity contribution in [2.24, 2.45) is 0 Å². The first-order valence-electron chi connectivity index (χ1n) is 9.44. The van der Waals surface area contributed by atoms with Gasteiger partial charge < -0.3 is 14.8 Å². The highest BCUT2D eigenvalue weighted by molar-refractivity contribution is 6.30. The fraction of sp³-hybridized carbons (Fsp3) is 0.526. The Bertz CT molecular complexity index is 790. The number of likely N-dealkylation sites (tertiary alicyclic amines) is 1. The Morgan fingerprint density at radius 1 is 1.15 bits per heavy atom. The van der Waals surface area contributed by atoms with Crippen LogP contribution in [0.25, 0.3) is 0 Å². The van der Waals surface area contributed by atoms with Gasteiger partial charge in [-0.05, 0) is 43.9 Å². The maximum Gasteiger partial charge on any atom is 0.321 e. The predicted molar refractivity (Wildman–Crippen MR) is 102 cm³/mol. The van der Waals surface area contributed by atoms with Gasteiger partial charge in [0.1, 0.15) is 11.6 Å². The average molecular weight is 374 g/mol. The zero-order valence-corrected chi connectivity index (χ0v) is 15.6. The smallest absolute Gasteiger partial charge is 0.321 e. The van der Waals surface area contributed by atoms with E-state index in [1.54, 1.807) is 12.1 Å². The molecule has 0 bridgehead atoms. The molecule has 138 valence electrons. The number of benzene rings is 1. The average Bonchev–Trinajstić information content (AvgIpc) is 2.90. The molecule has 1 fully saturated rings. The number of aryl methyl sites for hydroxylation is 1. The van der Waals surface area contributed by atoms with Gasteiger partial charge in [-0.25, -0.2) is 4.79 Å². The monoisotopic (exact) mass is 373 g/mol. The fourth-order valence-electron chi connectivity index (χ4n) is 3.95. The summed E-state index contributed by atoms with van der Waals surface area (Å²) in [6.07, 6.45) is 6.68. The Hall–Kier alpha value is -2.08. The lowest BCUT2D eigenvalue weighted by atomic mass is 9.97. The topological polar surface area (TPSA) is 63.1 Å². The van der Waals surface area contributed by atoms with Crippen molar-refractivity contribution >= 4 is 23.3 Å². The Balaban J connectivity index is 1.46. The lowest BCUT2D eigenvalue weighted by Crippen LogP contribution is -2.42. The molecule has 26 heavy (non-hydrogen) atoms. The van der Waals surface area contributed by atoms with Gasteiger partial charge in [-0.15, -0.1) is 10.2 Å². The number of nitrogens with zero attached hydrogens (tertiary/aromatic N) is 4. The van der Waals surface area contributed by atoms with E-state index in [2.05, 4.69) is 20.1 Å². The number of carbonyl (C=O) groups is 1. The van der Waals surface area contributed by atoms with Crippen LogP contribution in [0.4, 0.5) is 10.5 Å². The zero-order valence-electron chi connectivity index (χ0n) is 14.8. The number of halogens is 1. The third kappa shape index (κ3) is 3.70. The van der Waals surface area contributed by atoms with Crippen LogP contribution in [0.3, 0.4) is 0 Å². The molecular formula is C19H24ClN5O. The number of hydrogen-bond acceptors (Lipinski definition) is 3. The van der Waals surface area contributed by atoms with Crippen molar-refractivity contribution < 1.29 is 4.79 Å². The minimum absolute atomic E-state index is 0.0763. The minimum Gasteiger partial charge on any atom is -0.324 e. The molecular weight excluding hydrogens is 350 g/mol. The quantitative estimate of drug-likeness (QED) is 0.863. The van der Waals surface area contributed by atoms with Crippen molar-refractivity contribution in [1.29, 1.82) is 0 Å². The number of amides is 2. The van der Waals surface area contributed by atoms with E-state index in [1.807, 2.05) is 17.0 Å². The first-order chi connectivity index (χ1) is 12.7. The molecule has 1 N–H and O–H groups in total. The number of rotatable bonds is 2. The van der Waals surface area contributed by atoms with Crippen LogP contribution in [0.2, 0.25) is 5.02 Å². The van der Waals surface area contributed by atoms with Crippen molar-refractivity contribution in [3.05, 3.63) is 40.9 Å². The number of hydrogen-bond donors (Lipinski definition) is 1. The van der Waals surface area contributed by atoms with Gasteiger partial charge in [0.25, 0.3) is 0 Å². The third-order valence-electron chi connectivity index (χ3n) is 5.29. The molecule has 0 aliphatic carbocycles. The van der Waals surface area contributed by atoms with Crippen LogP contribution in [0.15, 0.2) is 24.3 Å². The normalized spacial score (nSPS) is 20.3. The minimum atomic E-state index is -0.0763. The molecule has 1 aromatic carbocycles. The van der Waals surface area contributed by atoms with Gasteiger partial charge in [0.05, 0.1) is 0 Å². The number of piperidine rings is 1. The van der Waals surface area contributed by atoms with Crippen LogP contribution in [0.1, 0.15) is 49.7 Å². The van der Waals surface area contributed by atoms with E-state index in [4.69, 9.17) is 11.6 Å². The highest BCUT2D eigenvalue weighted by Crippen LogP contribution is 2.28. The second-order valence-corrected chi connectivity index (χ2v) is 7.60. The molecule has 1 aromatic heterocycles. The standard InChI is InChI=1S/C19H24ClN5O/c20-15-7-4-8-16(12-15)21-19(26)24-10-5-6-14(13-24)18-23-22-17-9-2-1-3-11-25(17)18/h4,7-8,12,14H,1-3,5-6,9-11,13H2,(H,21,26). The molecule has 0 saturated carbocycles. The Morgan fingerprint density at radius 3 is 2.96 bits per heavy atom. The lowest BCUT2D eigenvalue weighted by Gasteiger charge is -2.32. The molecule has 1 atom stereocenters. The van der Waals surface area contributed by atoms with Crippen molar-refractivity contribution in [2.45, 2.75) is 51.0 Å². The van der Waals surface area contributed by atoms with E-state index in [1.165, 1.54) is 19.3 Å². The summed E-state index contributed by atoms with van der Waals surface area (Å²) in [5.74, 6) is 2.42. The number of fused-ring (bicyclic) bond motifs is 1. The van der Waals surface area contributed by atoms with E-state index < -0.39 is 0 Å². The molecule has 0 radical (unpaired) electrons. The molecule has 2 amide bonds. The summed E-state index contributed by atoms with van der Waals surface area (Å²) in [5.41, 5.74) is 0.723. The van der Waals surface area contributed by atoms with E-state index in [9.17, 15) is 4.79 Å².